The first-order valence-electron chi connectivity index (χ1n) is 7.28. The molecule has 0 saturated carbocycles. The predicted octanol–water partition coefficient (Wildman–Crippen LogP) is 3.78. The molecule has 106 valence electrons. The number of benzene rings is 2. The van der Waals surface area contributed by atoms with Gasteiger partial charge in [-0.1, -0.05) is 30.3 Å². The zero-order chi connectivity index (χ0) is 14.1. The molecule has 0 radical (unpaired) electrons. The Bertz CT molecular complexity index is 745. The van der Waals surface area contributed by atoms with E-state index >= 15 is 0 Å². The first kappa shape index (κ1) is 12.8. The summed E-state index contributed by atoms with van der Waals surface area (Å²) in [5.41, 5.74) is 4.57. The number of imidazole rings is 1. The second-order valence-electron chi connectivity index (χ2n) is 5.25. The first-order chi connectivity index (χ1) is 10.4. The first-order valence-corrected chi connectivity index (χ1v) is 8.43. The Kier molecular flexibility index (Phi) is 3.31. The van der Waals surface area contributed by atoms with E-state index in [4.69, 9.17) is 4.98 Å². The van der Waals surface area contributed by atoms with Crippen LogP contribution in [-0.2, 0) is 0 Å². The third-order valence-corrected chi connectivity index (χ3v) is 4.83. The van der Waals surface area contributed by atoms with E-state index in [2.05, 4.69) is 40.2 Å². The number of aromatic amines is 1. The van der Waals surface area contributed by atoms with E-state index in [0.717, 1.165) is 35.5 Å². The van der Waals surface area contributed by atoms with Crippen molar-refractivity contribution in [1.29, 1.82) is 0 Å². The summed E-state index contributed by atoms with van der Waals surface area (Å²) < 4.78 is 0. The molecule has 0 bridgehead atoms. The number of anilines is 1. The molecule has 0 aliphatic carbocycles. The van der Waals surface area contributed by atoms with Crippen molar-refractivity contribution >= 4 is 28.5 Å². The molecule has 1 aromatic heterocycles. The number of nitrogens with one attached hydrogen (secondary N) is 1. The van der Waals surface area contributed by atoms with Gasteiger partial charge in [-0.05, 0) is 18.2 Å². The van der Waals surface area contributed by atoms with Gasteiger partial charge < -0.3 is 9.88 Å². The summed E-state index contributed by atoms with van der Waals surface area (Å²) in [6.07, 6.45) is 0. The largest absolute Gasteiger partial charge is 0.370 e. The van der Waals surface area contributed by atoms with Crippen molar-refractivity contribution in [1.82, 2.24) is 9.97 Å². The van der Waals surface area contributed by atoms with E-state index < -0.39 is 0 Å². The normalized spacial score (nSPS) is 15.5. The summed E-state index contributed by atoms with van der Waals surface area (Å²) in [5, 5.41) is 0. The smallest absolute Gasteiger partial charge is 0.138 e. The van der Waals surface area contributed by atoms with Gasteiger partial charge in [-0.3, -0.25) is 0 Å². The molecule has 2 aromatic carbocycles. The Morgan fingerprint density at radius 1 is 1.00 bits per heavy atom. The lowest BCUT2D eigenvalue weighted by molar-refractivity contribution is 0.859. The van der Waals surface area contributed by atoms with Gasteiger partial charge in [0.15, 0.2) is 0 Å². The molecule has 0 atom stereocenters. The number of aromatic nitrogens is 2. The fourth-order valence-electron chi connectivity index (χ4n) is 2.75. The van der Waals surface area contributed by atoms with Gasteiger partial charge in [0.2, 0.25) is 0 Å². The van der Waals surface area contributed by atoms with E-state index in [1.807, 2.05) is 30.0 Å². The number of hydrogen-bond donors (Lipinski definition) is 1. The van der Waals surface area contributed by atoms with Crippen LogP contribution < -0.4 is 4.90 Å². The molecule has 2 heterocycles. The molecule has 3 aromatic rings. The Morgan fingerprint density at radius 2 is 1.81 bits per heavy atom. The lowest BCUT2D eigenvalue weighted by Crippen LogP contribution is -2.32. The van der Waals surface area contributed by atoms with Crippen molar-refractivity contribution in [3.05, 3.63) is 48.5 Å². The van der Waals surface area contributed by atoms with Crippen LogP contribution >= 0.6 is 11.8 Å². The lowest BCUT2D eigenvalue weighted by atomic mass is 10.2. The van der Waals surface area contributed by atoms with Crippen molar-refractivity contribution < 1.29 is 0 Å². The van der Waals surface area contributed by atoms with Crippen LogP contribution in [0.1, 0.15) is 0 Å². The van der Waals surface area contributed by atoms with Crippen LogP contribution in [0.25, 0.3) is 22.4 Å². The number of nitrogens with zero attached hydrogens (tertiary/aromatic N) is 2. The van der Waals surface area contributed by atoms with E-state index in [-0.39, 0.29) is 0 Å². The molecular formula is C17H17N3S. The van der Waals surface area contributed by atoms with Gasteiger partial charge in [-0.25, -0.2) is 4.98 Å². The maximum atomic E-state index is 4.69. The Labute approximate surface area is 128 Å². The van der Waals surface area contributed by atoms with E-state index in [9.17, 15) is 0 Å². The molecule has 1 aliphatic heterocycles. The van der Waals surface area contributed by atoms with Gasteiger partial charge in [0.05, 0.1) is 11.0 Å². The molecule has 1 saturated heterocycles. The maximum absolute atomic E-state index is 4.69. The average Bonchev–Trinajstić information content (AvgIpc) is 2.99. The highest BCUT2D eigenvalue weighted by molar-refractivity contribution is 7.99. The van der Waals surface area contributed by atoms with Gasteiger partial charge in [0, 0.05) is 35.8 Å². The third kappa shape index (κ3) is 2.51. The van der Waals surface area contributed by atoms with Crippen LogP contribution in [0.4, 0.5) is 5.69 Å². The standard InChI is InChI=1S/C17H17N3S/c1-2-4-13(5-3-1)17-18-15-7-6-14(12-16(15)19-17)20-8-10-21-11-9-20/h1-7,12H,8-11H2,(H,18,19). The maximum Gasteiger partial charge on any atom is 0.138 e. The quantitative estimate of drug-likeness (QED) is 0.780. The fraction of sp³-hybridized carbons (Fsp3) is 0.235. The predicted molar refractivity (Wildman–Crippen MR) is 91.1 cm³/mol. The Balaban J connectivity index is 1.71. The number of fused-ring (bicyclic) bond motifs is 1. The summed E-state index contributed by atoms with van der Waals surface area (Å²) in [7, 11) is 0. The molecule has 21 heavy (non-hydrogen) atoms. The highest BCUT2D eigenvalue weighted by Crippen LogP contribution is 2.26. The number of hydrogen-bond acceptors (Lipinski definition) is 3. The van der Waals surface area contributed by atoms with Crippen molar-refractivity contribution in [3.8, 4) is 11.4 Å². The third-order valence-electron chi connectivity index (χ3n) is 3.89. The van der Waals surface area contributed by atoms with E-state index in [1.165, 1.54) is 17.2 Å². The molecule has 0 amide bonds. The monoisotopic (exact) mass is 295 g/mol. The molecule has 0 unspecified atom stereocenters. The molecule has 4 heteroatoms. The van der Waals surface area contributed by atoms with Crippen LogP contribution in [0.5, 0.6) is 0 Å². The number of H-pyrrole nitrogens is 1. The zero-order valence-electron chi connectivity index (χ0n) is 11.7. The fourth-order valence-corrected chi connectivity index (χ4v) is 3.65. The second kappa shape index (κ2) is 5.45. The summed E-state index contributed by atoms with van der Waals surface area (Å²) in [6, 6.07) is 16.8. The molecule has 1 aliphatic rings. The highest BCUT2D eigenvalue weighted by Gasteiger charge is 2.12. The van der Waals surface area contributed by atoms with Crippen LogP contribution in [0.3, 0.4) is 0 Å². The minimum atomic E-state index is 0.942. The minimum Gasteiger partial charge on any atom is -0.370 e. The minimum absolute atomic E-state index is 0.942. The van der Waals surface area contributed by atoms with Gasteiger partial charge >= 0.3 is 0 Å². The van der Waals surface area contributed by atoms with Crippen molar-refractivity contribution in [2.45, 2.75) is 0 Å². The van der Waals surface area contributed by atoms with Crippen molar-refractivity contribution in [2.24, 2.45) is 0 Å². The molecular weight excluding hydrogens is 278 g/mol. The van der Waals surface area contributed by atoms with Crippen LogP contribution in [0.2, 0.25) is 0 Å². The summed E-state index contributed by atoms with van der Waals surface area (Å²) in [5.74, 6) is 3.38. The number of thioether (sulfide) groups is 1. The van der Waals surface area contributed by atoms with Crippen molar-refractivity contribution in [3.63, 3.8) is 0 Å². The van der Waals surface area contributed by atoms with Gasteiger partial charge in [0.1, 0.15) is 5.82 Å². The van der Waals surface area contributed by atoms with Crippen LogP contribution in [0, 0.1) is 0 Å². The SMILES string of the molecule is c1ccc(-c2nc3ccc(N4CCSCC4)cc3[nH]2)cc1. The van der Waals surface area contributed by atoms with Crippen LogP contribution in [0.15, 0.2) is 48.5 Å². The number of rotatable bonds is 2. The summed E-state index contributed by atoms with van der Waals surface area (Å²) in [6.45, 7) is 2.27. The highest BCUT2D eigenvalue weighted by atomic mass is 32.2. The molecule has 1 fully saturated rings. The van der Waals surface area contributed by atoms with Gasteiger partial charge in [0.25, 0.3) is 0 Å². The Hall–Kier alpha value is -1.94. The van der Waals surface area contributed by atoms with E-state index in [0.29, 0.717) is 0 Å². The zero-order valence-corrected chi connectivity index (χ0v) is 12.6. The summed E-state index contributed by atoms with van der Waals surface area (Å²) in [4.78, 5) is 10.6. The van der Waals surface area contributed by atoms with Gasteiger partial charge in [-0.2, -0.15) is 11.8 Å². The topological polar surface area (TPSA) is 31.9 Å². The average molecular weight is 295 g/mol. The van der Waals surface area contributed by atoms with Crippen molar-refractivity contribution in [2.75, 3.05) is 29.5 Å². The van der Waals surface area contributed by atoms with Crippen LogP contribution in [-0.4, -0.2) is 34.6 Å². The molecule has 1 N–H and O–H groups in total. The molecule has 0 spiro atoms. The molecule has 4 rings (SSSR count). The Morgan fingerprint density at radius 3 is 2.62 bits per heavy atom. The van der Waals surface area contributed by atoms with Gasteiger partial charge in [-0.15, -0.1) is 0 Å². The second-order valence-corrected chi connectivity index (χ2v) is 6.48. The molecule has 3 nitrogen and oxygen atoms in total. The van der Waals surface area contributed by atoms with E-state index in [1.54, 1.807) is 0 Å². The lowest BCUT2D eigenvalue weighted by Gasteiger charge is -2.28. The summed E-state index contributed by atoms with van der Waals surface area (Å²) >= 11 is 2.04.